The number of aliphatic hydroxyl groups is 1. The van der Waals surface area contributed by atoms with Crippen LogP contribution in [0.1, 0.15) is 43.4 Å². The van der Waals surface area contributed by atoms with Crippen LogP contribution in [-0.4, -0.2) is 29.5 Å². The molecule has 3 heteroatoms. The molecule has 0 saturated carbocycles. The summed E-state index contributed by atoms with van der Waals surface area (Å²) in [5.41, 5.74) is 4.00. The molecule has 0 saturated heterocycles. The van der Waals surface area contributed by atoms with Gasteiger partial charge in [0.25, 0.3) is 0 Å². The van der Waals surface area contributed by atoms with Crippen LogP contribution in [0.15, 0.2) is 18.2 Å². The lowest BCUT2D eigenvalue weighted by atomic mass is 9.97. The molecule has 0 aliphatic carbocycles. The minimum Gasteiger partial charge on any atom is -0.394 e. The van der Waals surface area contributed by atoms with Gasteiger partial charge in [-0.15, -0.1) is 0 Å². The van der Waals surface area contributed by atoms with Gasteiger partial charge in [0.05, 0.1) is 6.61 Å². The Balaban J connectivity index is 2.28. The predicted molar refractivity (Wildman–Crippen MR) is 90.5 cm³/mol. The van der Waals surface area contributed by atoms with Crippen molar-refractivity contribution in [3.8, 4) is 0 Å². The third-order valence-corrected chi connectivity index (χ3v) is 4.63. The van der Waals surface area contributed by atoms with Gasteiger partial charge >= 0.3 is 0 Å². The summed E-state index contributed by atoms with van der Waals surface area (Å²) < 4.78 is 0. The molecule has 0 fully saturated rings. The number of rotatable bonds is 9. The third-order valence-electron chi connectivity index (χ3n) is 3.52. The van der Waals surface area contributed by atoms with Gasteiger partial charge in [0, 0.05) is 11.3 Å². The predicted octanol–water partition coefficient (Wildman–Crippen LogP) is 3.68. The summed E-state index contributed by atoms with van der Waals surface area (Å²) in [6.45, 7) is 9.62. The number of likely N-dealkylation sites (N-methyl/N-ethyl adjacent to an activating group) is 1. The molecule has 20 heavy (non-hydrogen) atoms. The Hall–Kier alpha value is -0.510. The van der Waals surface area contributed by atoms with Crippen LogP contribution in [0.4, 0.5) is 0 Å². The molecule has 1 aromatic carbocycles. The first-order valence-electron chi connectivity index (χ1n) is 7.50. The molecule has 0 spiro atoms. The van der Waals surface area contributed by atoms with Crippen LogP contribution in [0.2, 0.25) is 0 Å². The summed E-state index contributed by atoms with van der Waals surface area (Å²) in [5.74, 6) is 2.23. The third kappa shape index (κ3) is 6.29. The van der Waals surface area contributed by atoms with Crippen LogP contribution in [0.3, 0.4) is 0 Å². The summed E-state index contributed by atoms with van der Waals surface area (Å²) in [5, 5.41) is 12.8. The minimum absolute atomic E-state index is 0.116. The first kappa shape index (κ1) is 17.5. The molecule has 1 unspecified atom stereocenters. The molecule has 0 amide bonds. The van der Waals surface area contributed by atoms with E-state index in [0.29, 0.717) is 0 Å². The summed E-state index contributed by atoms with van der Waals surface area (Å²) in [6, 6.07) is 6.77. The van der Waals surface area contributed by atoms with Crippen molar-refractivity contribution in [2.45, 2.75) is 51.8 Å². The molecular formula is C17H29NOS. The van der Waals surface area contributed by atoms with E-state index in [2.05, 4.69) is 51.2 Å². The van der Waals surface area contributed by atoms with Crippen molar-refractivity contribution in [3.05, 3.63) is 34.9 Å². The van der Waals surface area contributed by atoms with Crippen molar-refractivity contribution >= 4 is 11.8 Å². The van der Waals surface area contributed by atoms with Gasteiger partial charge in [-0.05, 0) is 51.5 Å². The fraction of sp³-hybridized carbons (Fsp3) is 0.647. The van der Waals surface area contributed by atoms with Gasteiger partial charge in [-0.2, -0.15) is 11.8 Å². The molecule has 0 radical (unpaired) electrons. The van der Waals surface area contributed by atoms with Gasteiger partial charge in [-0.1, -0.05) is 36.2 Å². The van der Waals surface area contributed by atoms with Crippen LogP contribution in [0.5, 0.6) is 0 Å². The topological polar surface area (TPSA) is 32.3 Å². The standard InChI is InChI=1S/C17H29NOS/c1-5-18-17(4,13-19)7-6-8-20-12-16-10-14(2)9-15(3)11-16/h9-11,18-19H,5-8,12-13H2,1-4H3. The average molecular weight is 295 g/mol. The van der Waals surface area contributed by atoms with E-state index >= 15 is 0 Å². The number of nitrogens with one attached hydrogen (secondary N) is 1. The summed E-state index contributed by atoms with van der Waals surface area (Å²) in [4.78, 5) is 0. The van der Waals surface area contributed by atoms with E-state index in [1.54, 1.807) is 0 Å². The summed E-state index contributed by atoms with van der Waals surface area (Å²) >= 11 is 1.98. The maximum atomic E-state index is 9.44. The van der Waals surface area contributed by atoms with Crippen LogP contribution in [0, 0.1) is 13.8 Å². The van der Waals surface area contributed by atoms with Crippen molar-refractivity contribution in [1.29, 1.82) is 0 Å². The van der Waals surface area contributed by atoms with E-state index in [9.17, 15) is 5.11 Å². The Morgan fingerprint density at radius 2 is 1.85 bits per heavy atom. The minimum atomic E-state index is -0.116. The smallest absolute Gasteiger partial charge is 0.0610 e. The molecule has 2 nitrogen and oxygen atoms in total. The zero-order chi connectivity index (χ0) is 15.0. The van der Waals surface area contributed by atoms with E-state index in [4.69, 9.17) is 0 Å². The first-order valence-corrected chi connectivity index (χ1v) is 8.65. The van der Waals surface area contributed by atoms with Crippen molar-refractivity contribution in [1.82, 2.24) is 5.32 Å². The molecule has 114 valence electrons. The second-order valence-corrected chi connectivity index (χ2v) is 7.01. The van der Waals surface area contributed by atoms with Crippen LogP contribution in [0.25, 0.3) is 0 Å². The number of aliphatic hydroxyl groups excluding tert-OH is 1. The Morgan fingerprint density at radius 3 is 2.40 bits per heavy atom. The monoisotopic (exact) mass is 295 g/mol. The second-order valence-electron chi connectivity index (χ2n) is 5.90. The number of benzene rings is 1. The highest BCUT2D eigenvalue weighted by molar-refractivity contribution is 7.98. The van der Waals surface area contributed by atoms with E-state index in [-0.39, 0.29) is 12.1 Å². The average Bonchev–Trinajstić information content (AvgIpc) is 2.37. The molecule has 1 atom stereocenters. The second kappa shape index (κ2) is 8.71. The van der Waals surface area contributed by atoms with E-state index in [1.807, 2.05) is 11.8 Å². The van der Waals surface area contributed by atoms with Crippen LogP contribution >= 0.6 is 11.8 Å². The SMILES string of the molecule is CCNC(C)(CO)CCCSCc1cc(C)cc(C)c1. The number of aryl methyl sites for hydroxylation is 2. The Kier molecular flexibility index (Phi) is 7.63. The lowest BCUT2D eigenvalue weighted by molar-refractivity contribution is 0.167. The number of hydrogen-bond donors (Lipinski definition) is 2. The first-order chi connectivity index (χ1) is 9.49. The summed E-state index contributed by atoms with van der Waals surface area (Å²) in [7, 11) is 0. The zero-order valence-electron chi connectivity index (χ0n) is 13.3. The molecule has 0 heterocycles. The molecule has 1 rings (SSSR count). The van der Waals surface area contributed by atoms with Gasteiger partial charge < -0.3 is 10.4 Å². The van der Waals surface area contributed by atoms with E-state index in [0.717, 1.165) is 30.9 Å². The fourth-order valence-electron chi connectivity index (χ4n) is 2.56. The largest absolute Gasteiger partial charge is 0.394 e. The maximum Gasteiger partial charge on any atom is 0.0610 e. The van der Waals surface area contributed by atoms with E-state index < -0.39 is 0 Å². The zero-order valence-corrected chi connectivity index (χ0v) is 14.1. The van der Waals surface area contributed by atoms with Gasteiger partial charge in [0.2, 0.25) is 0 Å². The van der Waals surface area contributed by atoms with Gasteiger partial charge in [0.1, 0.15) is 0 Å². The number of thioether (sulfide) groups is 1. The summed E-state index contributed by atoms with van der Waals surface area (Å²) in [6.07, 6.45) is 2.16. The van der Waals surface area contributed by atoms with Crippen molar-refractivity contribution in [2.75, 3.05) is 18.9 Å². The lowest BCUT2D eigenvalue weighted by Crippen LogP contribution is -2.45. The highest BCUT2D eigenvalue weighted by Gasteiger charge is 2.20. The fourth-order valence-corrected chi connectivity index (χ4v) is 3.45. The maximum absolute atomic E-state index is 9.44. The molecule has 0 aliphatic heterocycles. The van der Waals surface area contributed by atoms with Gasteiger partial charge in [-0.3, -0.25) is 0 Å². The quantitative estimate of drug-likeness (QED) is 0.682. The molecular weight excluding hydrogens is 266 g/mol. The van der Waals surface area contributed by atoms with Crippen molar-refractivity contribution in [3.63, 3.8) is 0 Å². The van der Waals surface area contributed by atoms with Gasteiger partial charge in [-0.25, -0.2) is 0 Å². The molecule has 2 N–H and O–H groups in total. The molecule has 0 aliphatic rings. The number of hydrogen-bond acceptors (Lipinski definition) is 3. The molecule has 1 aromatic rings. The van der Waals surface area contributed by atoms with Crippen LogP contribution < -0.4 is 5.32 Å². The van der Waals surface area contributed by atoms with Gasteiger partial charge in [0.15, 0.2) is 0 Å². The van der Waals surface area contributed by atoms with Crippen molar-refractivity contribution < 1.29 is 5.11 Å². The normalized spacial score (nSPS) is 14.2. The van der Waals surface area contributed by atoms with Crippen molar-refractivity contribution in [2.24, 2.45) is 0 Å². The Morgan fingerprint density at radius 1 is 1.20 bits per heavy atom. The lowest BCUT2D eigenvalue weighted by Gasteiger charge is -2.28. The van der Waals surface area contributed by atoms with E-state index in [1.165, 1.54) is 16.7 Å². The highest BCUT2D eigenvalue weighted by Crippen LogP contribution is 2.19. The van der Waals surface area contributed by atoms with Crippen LogP contribution in [-0.2, 0) is 5.75 Å². The Bertz CT molecular complexity index is 388. The molecule has 0 bridgehead atoms. The Labute approximate surface area is 128 Å². The molecule has 0 aromatic heterocycles. The highest BCUT2D eigenvalue weighted by atomic mass is 32.2.